The number of nitrogens with zero attached hydrogens (tertiary/aromatic N) is 1. The van der Waals surface area contributed by atoms with E-state index in [1.807, 2.05) is 0 Å². The van der Waals surface area contributed by atoms with E-state index in [0.29, 0.717) is 16.4 Å². The molecule has 0 spiro atoms. The molecular formula is C9H8BrF2N3O. The fraction of sp³-hybridized carbons (Fsp3) is 0.222. The molecule has 0 amide bonds. The Balaban J connectivity index is 2.58. The number of aromatic nitrogens is 2. The summed E-state index contributed by atoms with van der Waals surface area (Å²) in [6.07, 6.45) is 0. The van der Waals surface area contributed by atoms with Gasteiger partial charge in [-0.3, -0.25) is 0 Å². The molecule has 0 atom stereocenters. The Morgan fingerprint density at radius 3 is 2.88 bits per heavy atom. The van der Waals surface area contributed by atoms with Gasteiger partial charge in [0.05, 0.1) is 5.52 Å². The molecule has 1 aromatic heterocycles. The highest BCUT2D eigenvalue weighted by Crippen LogP contribution is 2.28. The van der Waals surface area contributed by atoms with Gasteiger partial charge in [0.25, 0.3) is 0 Å². The Hall–Kier alpha value is -1.37. The van der Waals surface area contributed by atoms with Crippen molar-refractivity contribution in [2.24, 2.45) is 0 Å². The van der Waals surface area contributed by atoms with E-state index in [0.717, 1.165) is 5.56 Å². The number of hydrogen-bond donors (Lipinski definition) is 2. The quantitative estimate of drug-likeness (QED) is 0.855. The second-order valence-electron chi connectivity index (χ2n) is 3.12. The molecule has 2 rings (SSSR count). The molecule has 0 saturated heterocycles. The van der Waals surface area contributed by atoms with Crippen LogP contribution in [0.5, 0.6) is 5.75 Å². The Kier molecular flexibility index (Phi) is 2.95. The number of H-pyrrole nitrogens is 1. The molecule has 3 N–H and O–H groups in total. The number of nitrogens with two attached hydrogens (primary N) is 1. The van der Waals surface area contributed by atoms with E-state index in [1.54, 1.807) is 6.07 Å². The maximum atomic E-state index is 12.2. The van der Waals surface area contributed by atoms with Crippen LogP contribution in [0.3, 0.4) is 0 Å². The zero-order valence-corrected chi connectivity index (χ0v) is 9.59. The summed E-state index contributed by atoms with van der Waals surface area (Å²) >= 11 is 3.24. The number of fused-ring (bicyclic) bond motifs is 1. The summed E-state index contributed by atoms with van der Waals surface area (Å²) in [7, 11) is 0. The van der Waals surface area contributed by atoms with Crippen molar-refractivity contribution >= 4 is 32.9 Å². The number of aromatic amines is 1. The summed E-state index contributed by atoms with van der Waals surface area (Å²) in [5.41, 5.74) is 7.14. The number of anilines is 1. The van der Waals surface area contributed by atoms with E-state index >= 15 is 0 Å². The molecule has 0 fully saturated rings. The van der Waals surface area contributed by atoms with Crippen LogP contribution in [0.2, 0.25) is 0 Å². The van der Waals surface area contributed by atoms with Crippen molar-refractivity contribution in [3.05, 3.63) is 17.7 Å². The third-order valence-corrected chi connectivity index (χ3v) is 2.65. The average Bonchev–Trinajstić information content (AvgIpc) is 2.57. The first-order chi connectivity index (χ1) is 7.60. The van der Waals surface area contributed by atoms with Crippen LogP contribution in [-0.2, 0) is 5.33 Å². The molecule has 0 aliphatic heterocycles. The minimum atomic E-state index is -2.88. The highest BCUT2D eigenvalue weighted by Gasteiger charge is 2.13. The zero-order valence-electron chi connectivity index (χ0n) is 8.01. The van der Waals surface area contributed by atoms with Gasteiger partial charge in [-0.25, -0.2) is 4.98 Å². The molecule has 0 aliphatic rings. The van der Waals surface area contributed by atoms with Crippen LogP contribution in [-0.4, -0.2) is 16.6 Å². The highest BCUT2D eigenvalue weighted by atomic mass is 79.9. The third kappa shape index (κ3) is 2.08. The Morgan fingerprint density at radius 1 is 1.50 bits per heavy atom. The van der Waals surface area contributed by atoms with Gasteiger partial charge in [0.2, 0.25) is 0 Å². The van der Waals surface area contributed by atoms with E-state index in [-0.39, 0.29) is 11.7 Å². The van der Waals surface area contributed by atoms with Gasteiger partial charge >= 0.3 is 6.61 Å². The molecule has 0 radical (unpaired) electrons. The van der Waals surface area contributed by atoms with Gasteiger partial charge in [0, 0.05) is 5.33 Å². The lowest BCUT2D eigenvalue weighted by atomic mass is 10.2. The van der Waals surface area contributed by atoms with Crippen LogP contribution < -0.4 is 10.5 Å². The van der Waals surface area contributed by atoms with Crippen molar-refractivity contribution in [1.29, 1.82) is 0 Å². The maximum Gasteiger partial charge on any atom is 0.387 e. The Bertz CT molecular complexity index is 515. The van der Waals surface area contributed by atoms with Crippen molar-refractivity contribution in [2.75, 3.05) is 5.73 Å². The first kappa shape index (κ1) is 11.1. The topological polar surface area (TPSA) is 63.9 Å². The number of nitrogen functional groups attached to an aromatic ring is 1. The molecule has 0 unspecified atom stereocenters. The van der Waals surface area contributed by atoms with Gasteiger partial charge in [-0.2, -0.15) is 8.78 Å². The van der Waals surface area contributed by atoms with Gasteiger partial charge < -0.3 is 15.5 Å². The lowest BCUT2D eigenvalue weighted by molar-refractivity contribution is -0.0489. The van der Waals surface area contributed by atoms with Crippen molar-refractivity contribution in [3.8, 4) is 5.75 Å². The molecule has 16 heavy (non-hydrogen) atoms. The van der Waals surface area contributed by atoms with Crippen molar-refractivity contribution in [2.45, 2.75) is 11.9 Å². The minimum absolute atomic E-state index is 0.0231. The number of benzene rings is 1. The van der Waals surface area contributed by atoms with E-state index in [9.17, 15) is 8.78 Å². The number of nitrogens with one attached hydrogen (secondary N) is 1. The summed E-state index contributed by atoms with van der Waals surface area (Å²) in [5, 5.41) is 0.529. The second kappa shape index (κ2) is 4.25. The van der Waals surface area contributed by atoms with Gasteiger partial charge in [-0.05, 0) is 17.7 Å². The monoisotopic (exact) mass is 291 g/mol. The standard InChI is InChI=1S/C9H8BrF2N3O/c10-3-4-1-5-7(15-9(13)14-5)6(2-4)16-8(11)12/h1-2,8H,3H2,(H3,13,14,15). The maximum absolute atomic E-state index is 12.2. The Morgan fingerprint density at radius 2 is 2.25 bits per heavy atom. The lowest BCUT2D eigenvalue weighted by Gasteiger charge is -2.06. The predicted octanol–water partition coefficient (Wildman–Crippen LogP) is 2.64. The molecular weight excluding hydrogens is 284 g/mol. The van der Waals surface area contributed by atoms with Crippen molar-refractivity contribution < 1.29 is 13.5 Å². The highest BCUT2D eigenvalue weighted by molar-refractivity contribution is 9.08. The molecule has 0 saturated carbocycles. The lowest BCUT2D eigenvalue weighted by Crippen LogP contribution is -2.02. The largest absolute Gasteiger partial charge is 0.432 e. The SMILES string of the molecule is Nc1nc2c(OC(F)F)cc(CBr)cc2[nH]1. The van der Waals surface area contributed by atoms with Gasteiger partial charge in [-0.15, -0.1) is 0 Å². The number of ether oxygens (including phenoxy) is 1. The molecule has 1 heterocycles. The number of rotatable bonds is 3. The number of halogens is 3. The van der Waals surface area contributed by atoms with E-state index in [1.165, 1.54) is 6.07 Å². The van der Waals surface area contributed by atoms with E-state index in [4.69, 9.17) is 5.73 Å². The van der Waals surface area contributed by atoms with Crippen LogP contribution >= 0.6 is 15.9 Å². The number of alkyl halides is 3. The van der Waals surface area contributed by atoms with Crippen molar-refractivity contribution in [1.82, 2.24) is 9.97 Å². The summed E-state index contributed by atoms with van der Waals surface area (Å²) in [5.74, 6) is 0.190. The van der Waals surface area contributed by atoms with E-state index in [2.05, 4.69) is 30.6 Å². The average molecular weight is 292 g/mol. The molecule has 4 nitrogen and oxygen atoms in total. The first-order valence-corrected chi connectivity index (χ1v) is 5.51. The third-order valence-electron chi connectivity index (χ3n) is 2.00. The molecule has 86 valence electrons. The Labute approximate surface area is 97.9 Å². The fourth-order valence-corrected chi connectivity index (χ4v) is 1.75. The fourth-order valence-electron chi connectivity index (χ4n) is 1.42. The normalized spacial score (nSPS) is 11.2. The van der Waals surface area contributed by atoms with Crippen LogP contribution in [0.25, 0.3) is 11.0 Å². The summed E-state index contributed by atoms with van der Waals surface area (Å²) in [4.78, 5) is 6.66. The number of imidazole rings is 1. The summed E-state index contributed by atoms with van der Waals surface area (Å²) < 4.78 is 28.8. The summed E-state index contributed by atoms with van der Waals surface area (Å²) in [6.45, 7) is -2.88. The van der Waals surface area contributed by atoms with Crippen LogP contribution in [0, 0.1) is 0 Å². The second-order valence-corrected chi connectivity index (χ2v) is 3.69. The summed E-state index contributed by atoms with van der Waals surface area (Å²) in [6, 6.07) is 3.27. The molecule has 7 heteroatoms. The molecule has 0 aliphatic carbocycles. The van der Waals surface area contributed by atoms with E-state index < -0.39 is 6.61 Å². The smallest absolute Gasteiger partial charge is 0.387 e. The molecule has 2 aromatic rings. The van der Waals surface area contributed by atoms with Gasteiger partial charge in [-0.1, -0.05) is 15.9 Å². The number of hydrogen-bond acceptors (Lipinski definition) is 3. The van der Waals surface area contributed by atoms with Crippen molar-refractivity contribution in [3.63, 3.8) is 0 Å². The molecule has 0 bridgehead atoms. The van der Waals surface area contributed by atoms with Crippen LogP contribution in [0.15, 0.2) is 12.1 Å². The van der Waals surface area contributed by atoms with Gasteiger partial charge in [0.1, 0.15) is 5.52 Å². The first-order valence-electron chi connectivity index (χ1n) is 4.39. The van der Waals surface area contributed by atoms with Gasteiger partial charge in [0.15, 0.2) is 11.7 Å². The molecule has 1 aromatic carbocycles. The minimum Gasteiger partial charge on any atom is -0.432 e. The zero-order chi connectivity index (χ0) is 11.7. The predicted molar refractivity (Wildman–Crippen MR) is 59.8 cm³/mol. The van der Waals surface area contributed by atoms with Crippen LogP contribution in [0.4, 0.5) is 14.7 Å². The van der Waals surface area contributed by atoms with Crippen LogP contribution in [0.1, 0.15) is 5.56 Å².